The van der Waals surface area contributed by atoms with Gasteiger partial charge in [-0.3, -0.25) is 4.79 Å². The van der Waals surface area contributed by atoms with E-state index in [0.717, 1.165) is 32.1 Å². The molecule has 0 aromatic rings. The van der Waals surface area contributed by atoms with Crippen LogP contribution in [-0.2, 0) is 9.53 Å². The Morgan fingerprint density at radius 1 is 1.09 bits per heavy atom. The van der Waals surface area contributed by atoms with Gasteiger partial charge in [-0.05, 0) is 81.5 Å². The SMILES string of the molecule is C[C@]12CCC[C@]3(C(=O)OC1)[C@@H]2CC[C@@]12C[C@@H](CC[C@H]13)[C@](C)(O)C2. The first-order chi connectivity index (χ1) is 10.8. The monoisotopic (exact) mass is 318 g/mol. The second-order valence-electron chi connectivity index (χ2n) is 10.1. The van der Waals surface area contributed by atoms with Crippen molar-refractivity contribution in [2.75, 3.05) is 6.61 Å². The maximum absolute atomic E-state index is 13.1. The fourth-order valence-electron chi connectivity index (χ4n) is 8.30. The molecule has 4 bridgehead atoms. The molecule has 3 heteroatoms. The molecule has 0 radical (unpaired) electrons. The van der Waals surface area contributed by atoms with Crippen LogP contribution < -0.4 is 0 Å². The number of carbonyl (C=O) groups is 1. The van der Waals surface area contributed by atoms with Gasteiger partial charge >= 0.3 is 5.97 Å². The molecule has 0 aromatic carbocycles. The van der Waals surface area contributed by atoms with Crippen molar-refractivity contribution in [3.05, 3.63) is 0 Å². The summed E-state index contributed by atoms with van der Waals surface area (Å²) in [6.45, 7) is 5.05. The average molecular weight is 318 g/mol. The van der Waals surface area contributed by atoms with E-state index >= 15 is 0 Å². The van der Waals surface area contributed by atoms with Gasteiger partial charge in [-0.15, -0.1) is 0 Å². The Hall–Kier alpha value is -0.570. The summed E-state index contributed by atoms with van der Waals surface area (Å²) < 4.78 is 5.81. The lowest BCUT2D eigenvalue weighted by molar-refractivity contribution is -0.232. The lowest BCUT2D eigenvalue weighted by Crippen LogP contribution is -2.65. The summed E-state index contributed by atoms with van der Waals surface area (Å²) in [6, 6.07) is 0. The average Bonchev–Trinajstić information content (AvgIpc) is 2.68. The van der Waals surface area contributed by atoms with E-state index in [-0.39, 0.29) is 22.2 Å². The van der Waals surface area contributed by atoms with Crippen molar-refractivity contribution in [1.29, 1.82) is 0 Å². The van der Waals surface area contributed by atoms with Crippen LogP contribution in [0.15, 0.2) is 0 Å². The van der Waals surface area contributed by atoms with Crippen LogP contribution in [0.5, 0.6) is 0 Å². The molecule has 0 aromatic heterocycles. The molecule has 7 atom stereocenters. The Bertz CT molecular complexity index is 569. The molecule has 1 heterocycles. The van der Waals surface area contributed by atoms with Crippen LogP contribution in [0, 0.1) is 34.0 Å². The Morgan fingerprint density at radius 2 is 1.91 bits per heavy atom. The standard InChI is InChI=1S/C20H30O3/c1-17-7-3-8-20(16(21)23-12-17)14(17)6-9-19-10-13(4-5-15(19)20)18(2,22)11-19/h13-15,22H,3-12H2,1-2H3/t13-,14-,15-,17+,18-,19+,20+/m1/s1. The molecule has 1 N–H and O–H groups in total. The van der Waals surface area contributed by atoms with Gasteiger partial charge in [0.25, 0.3) is 0 Å². The van der Waals surface area contributed by atoms with E-state index in [2.05, 4.69) is 6.92 Å². The lowest BCUT2D eigenvalue weighted by Gasteiger charge is -2.65. The van der Waals surface area contributed by atoms with Gasteiger partial charge in [0.2, 0.25) is 0 Å². The van der Waals surface area contributed by atoms with Gasteiger partial charge in [-0.25, -0.2) is 0 Å². The minimum Gasteiger partial charge on any atom is -0.465 e. The van der Waals surface area contributed by atoms with Crippen LogP contribution in [0.3, 0.4) is 0 Å². The molecule has 1 saturated heterocycles. The first kappa shape index (κ1) is 14.7. The van der Waals surface area contributed by atoms with E-state index < -0.39 is 5.60 Å². The maximum atomic E-state index is 13.1. The molecule has 0 amide bonds. The Kier molecular flexibility index (Phi) is 2.66. The van der Waals surface area contributed by atoms with Gasteiger partial charge < -0.3 is 9.84 Å². The molecule has 1 spiro atoms. The van der Waals surface area contributed by atoms with Crippen LogP contribution >= 0.6 is 0 Å². The molecular formula is C20H30O3. The molecule has 4 aliphatic carbocycles. The highest BCUT2D eigenvalue weighted by atomic mass is 16.5. The number of esters is 1. The summed E-state index contributed by atoms with van der Waals surface area (Å²) in [6.07, 6.45) is 10.1. The molecule has 5 fully saturated rings. The molecule has 4 saturated carbocycles. The van der Waals surface area contributed by atoms with Crippen LogP contribution in [-0.4, -0.2) is 23.3 Å². The molecule has 5 rings (SSSR count). The first-order valence-electron chi connectivity index (χ1n) is 9.72. The number of carbonyl (C=O) groups excluding carboxylic acids is 1. The third-order valence-electron chi connectivity index (χ3n) is 9.05. The van der Waals surface area contributed by atoms with E-state index in [1.54, 1.807) is 0 Å². The number of rotatable bonds is 0. The van der Waals surface area contributed by atoms with Crippen molar-refractivity contribution < 1.29 is 14.6 Å². The molecule has 5 aliphatic rings. The van der Waals surface area contributed by atoms with Crippen molar-refractivity contribution in [3.63, 3.8) is 0 Å². The van der Waals surface area contributed by atoms with Gasteiger partial charge in [-0.2, -0.15) is 0 Å². The molecule has 128 valence electrons. The minimum absolute atomic E-state index is 0.119. The van der Waals surface area contributed by atoms with E-state index in [9.17, 15) is 9.90 Å². The van der Waals surface area contributed by atoms with Crippen molar-refractivity contribution in [3.8, 4) is 0 Å². The zero-order chi connectivity index (χ0) is 16.1. The van der Waals surface area contributed by atoms with E-state index in [1.165, 1.54) is 25.7 Å². The minimum atomic E-state index is -0.519. The molecule has 3 nitrogen and oxygen atoms in total. The number of aliphatic hydroxyl groups is 1. The highest BCUT2D eigenvalue weighted by Crippen LogP contribution is 2.74. The molecule has 0 unspecified atom stereocenters. The van der Waals surface area contributed by atoms with Crippen molar-refractivity contribution >= 4 is 5.97 Å². The summed E-state index contributed by atoms with van der Waals surface area (Å²) >= 11 is 0. The predicted octanol–water partition coefficient (Wildman–Crippen LogP) is 3.69. The number of cyclic esters (lactones) is 1. The molecule has 23 heavy (non-hydrogen) atoms. The van der Waals surface area contributed by atoms with Crippen molar-refractivity contribution in [1.82, 2.24) is 0 Å². The van der Waals surface area contributed by atoms with Gasteiger partial charge in [0.05, 0.1) is 17.6 Å². The summed E-state index contributed by atoms with van der Waals surface area (Å²) in [7, 11) is 0. The van der Waals surface area contributed by atoms with Gasteiger partial charge in [0, 0.05) is 5.41 Å². The largest absolute Gasteiger partial charge is 0.465 e. The fraction of sp³-hybridized carbons (Fsp3) is 0.950. The van der Waals surface area contributed by atoms with E-state index in [1.807, 2.05) is 6.92 Å². The quantitative estimate of drug-likeness (QED) is 0.693. The highest BCUT2D eigenvalue weighted by Gasteiger charge is 2.72. The zero-order valence-electron chi connectivity index (χ0n) is 14.6. The number of ether oxygens (including phenoxy) is 1. The van der Waals surface area contributed by atoms with Crippen LogP contribution in [0.2, 0.25) is 0 Å². The second-order valence-corrected chi connectivity index (χ2v) is 10.1. The maximum Gasteiger partial charge on any atom is 0.312 e. The van der Waals surface area contributed by atoms with Gasteiger partial charge in [0.15, 0.2) is 0 Å². The Labute approximate surface area is 139 Å². The van der Waals surface area contributed by atoms with Crippen LogP contribution in [0.25, 0.3) is 0 Å². The number of hydrogen-bond donors (Lipinski definition) is 1. The predicted molar refractivity (Wildman–Crippen MR) is 86.6 cm³/mol. The van der Waals surface area contributed by atoms with Crippen LogP contribution in [0.1, 0.15) is 71.6 Å². The summed E-state index contributed by atoms with van der Waals surface area (Å²) in [5, 5.41) is 10.9. The lowest BCUT2D eigenvalue weighted by atomic mass is 9.39. The second kappa shape index (κ2) is 4.15. The summed E-state index contributed by atoms with van der Waals surface area (Å²) in [5.41, 5.74) is -0.340. The highest BCUT2D eigenvalue weighted by molar-refractivity contribution is 5.79. The number of hydrogen-bond acceptors (Lipinski definition) is 3. The Morgan fingerprint density at radius 3 is 2.74 bits per heavy atom. The van der Waals surface area contributed by atoms with Crippen molar-refractivity contribution in [2.24, 2.45) is 34.0 Å². The van der Waals surface area contributed by atoms with Crippen LogP contribution in [0.4, 0.5) is 0 Å². The van der Waals surface area contributed by atoms with E-state index in [4.69, 9.17) is 4.74 Å². The zero-order valence-corrected chi connectivity index (χ0v) is 14.6. The smallest absolute Gasteiger partial charge is 0.312 e. The molecular weight excluding hydrogens is 288 g/mol. The van der Waals surface area contributed by atoms with Gasteiger partial charge in [-0.1, -0.05) is 13.3 Å². The van der Waals surface area contributed by atoms with Gasteiger partial charge in [0.1, 0.15) is 0 Å². The Balaban J connectivity index is 1.63. The normalized spacial score (nSPS) is 60.7. The molecule has 1 aliphatic heterocycles. The van der Waals surface area contributed by atoms with Crippen molar-refractivity contribution in [2.45, 2.75) is 77.2 Å². The summed E-state index contributed by atoms with van der Waals surface area (Å²) in [5.74, 6) is 1.53. The third kappa shape index (κ3) is 1.59. The third-order valence-corrected chi connectivity index (χ3v) is 9.05. The number of fused-ring (bicyclic) bond motifs is 1. The summed E-state index contributed by atoms with van der Waals surface area (Å²) in [4.78, 5) is 13.1. The fourth-order valence-corrected chi connectivity index (χ4v) is 8.30. The van der Waals surface area contributed by atoms with E-state index in [0.29, 0.717) is 24.4 Å². The topological polar surface area (TPSA) is 46.5 Å². The first-order valence-corrected chi connectivity index (χ1v) is 9.72.